The summed E-state index contributed by atoms with van der Waals surface area (Å²) < 4.78 is 0. The molecule has 160 valence electrons. The van der Waals surface area contributed by atoms with Gasteiger partial charge in [-0.05, 0) is 63.3 Å². The number of nitrogens with two attached hydrogens (primary N) is 1. The van der Waals surface area contributed by atoms with Gasteiger partial charge in [-0.25, -0.2) is 0 Å². The van der Waals surface area contributed by atoms with Crippen molar-refractivity contribution in [3.8, 4) is 0 Å². The fraction of sp³-hybridized carbons (Fsp3) is 0.909. The van der Waals surface area contributed by atoms with Crippen LogP contribution in [0, 0.1) is 21.7 Å². The lowest BCUT2D eigenvalue weighted by atomic mass is 9.55. The van der Waals surface area contributed by atoms with E-state index >= 15 is 0 Å². The summed E-state index contributed by atoms with van der Waals surface area (Å²) in [4.78, 5) is 22.3. The molecule has 5 nitrogen and oxygen atoms in total. The molecule has 4 N–H and O–H groups in total. The molecule has 1 amide bonds. The van der Waals surface area contributed by atoms with Crippen LogP contribution in [-0.2, 0) is 9.59 Å². The summed E-state index contributed by atoms with van der Waals surface area (Å²) in [6.45, 7) is 20.4. The van der Waals surface area contributed by atoms with Crippen LogP contribution in [0.2, 0.25) is 0 Å². The highest BCUT2D eigenvalue weighted by molar-refractivity contribution is 5.83. The molecule has 2 fully saturated rings. The van der Waals surface area contributed by atoms with Gasteiger partial charge in [0.25, 0.3) is 0 Å². The Balaban J connectivity index is 0.000000428. The van der Waals surface area contributed by atoms with Gasteiger partial charge in [0.2, 0.25) is 5.91 Å². The van der Waals surface area contributed by atoms with Gasteiger partial charge in [-0.1, -0.05) is 48.5 Å². The van der Waals surface area contributed by atoms with E-state index in [0.29, 0.717) is 11.5 Å². The molecule has 0 spiro atoms. The van der Waals surface area contributed by atoms with Gasteiger partial charge < -0.3 is 16.2 Å². The third kappa shape index (κ3) is 8.63. The number of nitrogens with one attached hydrogen (secondary N) is 1. The second-order valence-corrected chi connectivity index (χ2v) is 11.3. The number of carboxylic acids is 1. The first kappa shape index (κ1) is 25.9. The highest BCUT2D eigenvalue weighted by Gasteiger charge is 2.51. The fourth-order valence-electron chi connectivity index (χ4n) is 4.87. The highest BCUT2D eigenvalue weighted by Crippen LogP contribution is 2.54. The van der Waals surface area contributed by atoms with Crippen LogP contribution in [0.1, 0.15) is 94.9 Å². The Morgan fingerprint density at radius 2 is 1.11 bits per heavy atom. The molecule has 0 unspecified atom stereocenters. The van der Waals surface area contributed by atoms with Crippen LogP contribution in [0.25, 0.3) is 0 Å². The minimum absolute atomic E-state index is 0.103. The number of hydrogen-bond donors (Lipinski definition) is 3. The van der Waals surface area contributed by atoms with Crippen LogP contribution >= 0.6 is 0 Å². The lowest BCUT2D eigenvalue weighted by Gasteiger charge is -2.50. The first-order valence-electron chi connectivity index (χ1n) is 10.1. The van der Waals surface area contributed by atoms with Crippen molar-refractivity contribution in [2.45, 2.75) is 107 Å². The molecule has 0 bridgehead atoms. The third-order valence-electron chi connectivity index (χ3n) is 4.96. The fourth-order valence-corrected chi connectivity index (χ4v) is 4.87. The molecule has 2 aliphatic rings. The standard InChI is InChI=1S/C11H21NO.C8H14O2.C3H9N/c1-8(2)12-9(13)11(5)6-10(3,4)7-11;1-7(2)4-8(3,5-7)6(9)10;1-3(2)4/h8H,6-7H2,1-5H3,(H,12,13);4-5H2,1-3H3,(H,9,10);3H,4H2,1-2H3. The number of amides is 1. The maximum Gasteiger partial charge on any atom is 0.309 e. The van der Waals surface area contributed by atoms with Gasteiger partial charge >= 0.3 is 5.97 Å². The Bertz CT molecular complexity index is 503. The number of carbonyl (C=O) groups is 2. The van der Waals surface area contributed by atoms with E-state index in [1.807, 2.05) is 34.6 Å². The molecule has 5 heteroatoms. The first-order chi connectivity index (χ1) is 11.8. The molecule has 0 aliphatic heterocycles. The average molecular weight is 385 g/mol. The van der Waals surface area contributed by atoms with Crippen molar-refractivity contribution >= 4 is 11.9 Å². The summed E-state index contributed by atoms with van der Waals surface area (Å²) in [5.74, 6) is -0.423. The predicted octanol–water partition coefficient (Wildman–Crippen LogP) is 4.59. The zero-order valence-electron chi connectivity index (χ0n) is 19.3. The van der Waals surface area contributed by atoms with Gasteiger partial charge in [0.05, 0.1) is 5.41 Å². The largest absolute Gasteiger partial charge is 0.481 e. The van der Waals surface area contributed by atoms with Gasteiger partial charge in [-0.2, -0.15) is 0 Å². The van der Waals surface area contributed by atoms with Crippen LogP contribution in [0.15, 0.2) is 0 Å². The molecule has 0 saturated heterocycles. The molecular formula is C22H44N2O3. The summed E-state index contributed by atoms with van der Waals surface area (Å²) in [6.07, 6.45) is 3.65. The van der Waals surface area contributed by atoms with E-state index in [2.05, 4.69) is 39.9 Å². The molecule has 0 aromatic heterocycles. The molecular weight excluding hydrogens is 340 g/mol. The Kier molecular flexibility index (Phi) is 8.57. The maximum atomic E-state index is 11.7. The van der Waals surface area contributed by atoms with Crippen molar-refractivity contribution < 1.29 is 14.7 Å². The topological polar surface area (TPSA) is 92.4 Å². The molecule has 0 atom stereocenters. The number of carboxylic acid groups (broad SMARTS) is 1. The van der Waals surface area contributed by atoms with Gasteiger partial charge in [0.15, 0.2) is 0 Å². The summed E-state index contributed by atoms with van der Waals surface area (Å²) in [7, 11) is 0. The SMILES string of the molecule is CC(C)N.CC(C)NC(=O)C1(C)CC(C)(C)C1.CC1(C)CC(C)(C(=O)O)C1. The van der Waals surface area contributed by atoms with E-state index in [1.165, 1.54) is 0 Å². The Morgan fingerprint density at radius 3 is 1.30 bits per heavy atom. The highest BCUT2D eigenvalue weighted by atomic mass is 16.4. The van der Waals surface area contributed by atoms with E-state index < -0.39 is 11.4 Å². The summed E-state index contributed by atoms with van der Waals surface area (Å²) >= 11 is 0. The monoisotopic (exact) mass is 384 g/mol. The van der Waals surface area contributed by atoms with E-state index in [-0.39, 0.29) is 22.8 Å². The lowest BCUT2D eigenvalue weighted by Crippen LogP contribution is -2.52. The zero-order chi connectivity index (χ0) is 21.8. The number of carbonyl (C=O) groups excluding carboxylic acids is 1. The van der Waals surface area contributed by atoms with Crippen molar-refractivity contribution in [3.63, 3.8) is 0 Å². The van der Waals surface area contributed by atoms with Crippen molar-refractivity contribution in [1.82, 2.24) is 5.32 Å². The van der Waals surface area contributed by atoms with Crippen molar-refractivity contribution in [2.24, 2.45) is 27.4 Å². The van der Waals surface area contributed by atoms with Crippen LogP contribution in [0.4, 0.5) is 0 Å². The summed E-state index contributed by atoms with van der Waals surface area (Å²) in [5.41, 5.74) is 5.20. The Morgan fingerprint density at radius 1 is 0.815 bits per heavy atom. The molecule has 0 aromatic rings. The van der Waals surface area contributed by atoms with Crippen LogP contribution < -0.4 is 11.1 Å². The minimum Gasteiger partial charge on any atom is -0.481 e. The molecule has 2 saturated carbocycles. The van der Waals surface area contributed by atoms with E-state index in [0.717, 1.165) is 25.7 Å². The molecule has 2 rings (SSSR count). The third-order valence-corrected chi connectivity index (χ3v) is 4.96. The molecule has 0 heterocycles. The Hall–Kier alpha value is -1.10. The smallest absolute Gasteiger partial charge is 0.309 e. The van der Waals surface area contributed by atoms with Crippen LogP contribution in [-0.4, -0.2) is 29.1 Å². The van der Waals surface area contributed by atoms with Crippen LogP contribution in [0.3, 0.4) is 0 Å². The lowest BCUT2D eigenvalue weighted by molar-refractivity contribution is -0.161. The van der Waals surface area contributed by atoms with Gasteiger partial charge in [-0.15, -0.1) is 0 Å². The average Bonchev–Trinajstić information content (AvgIpc) is 2.32. The van der Waals surface area contributed by atoms with Crippen molar-refractivity contribution in [1.29, 1.82) is 0 Å². The molecule has 0 aromatic carbocycles. The molecule has 2 aliphatic carbocycles. The Labute approximate surface area is 166 Å². The van der Waals surface area contributed by atoms with Gasteiger partial charge in [0, 0.05) is 11.5 Å². The van der Waals surface area contributed by atoms with E-state index in [9.17, 15) is 9.59 Å². The van der Waals surface area contributed by atoms with Gasteiger partial charge in [-0.3, -0.25) is 9.59 Å². The first-order valence-corrected chi connectivity index (χ1v) is 10.1. The second-order valence-electron chi connectivity index (χ2n) is 11.3. The molecule has 27 heavy (non-hydrogen) atoms. The number of aliphatic carboxylic acids is 1. The normalized spacial score (nSPS) is 22.9. The molecule has 0 radical (unpaired) electrons. The minimum atomic E-state index is -0.646. The van der Waals surface area contributed by atoms with Crippen molar-refractivity contribution in [3.05, 3.63) is 0 Å². The predicted molar refractivity (Wildman–Crippen MR) is 112 cm³/mol. The van der Waals surface area contributed by atoms with E-state index in [4.69, 9.17) is 10.8 Å². The summed E-state index contributed by atoms with van der Waals surface area (Å²) in [5, 5.41) is 11.7. The summed E-state index contributed by atoms with van der Waals surface area (Å²) in [6, 6.07) is 0.591. The quantitative estimate of drug-likeness (QED) is 0.663. The maximum absolute atomic E-state index is 11.7. The number of hydrogen-bond acceptors (Lipinski definition) is 3. The van der Waals surface area contributed by atoms with Crippen molar-refractivity contribution in [2.75, 3.05) is 0 Å². The van der Waals surface area contributed by atoms with E-state index in [1.54, 1.807) is 0 Å². The zero-order valence-corrected chi connectivity index (χ0v) is 19.3. The number of rotatable bonds is 3. The van der Waals surface area contributed by atoms with Gasteiger partial charge in [0.1, 0.15) is 0 Å². The van der Waals surface area contributed by atoms with Crippen LogP contribution in [0.5, 0.6) is 0 Å². The second kappa shape index (κ2) is 8.93.